The molecule has 0 unspecified atom stereocenters. The molecule has 0 aromatic heterocycles. The highest BCUT2D eigenvalue weighted by Crippen LogP contribution is 2.27. The molecule has 4 heteroatoms. The van der Waals surface area contributed by atoms with Crippen molar-refractivity contribution in [3.05, 3.63) is 29.8 Å². The van der Waals surface area contributed by atoms with E-state index < -0.39 is 0 Å². The first-order valence-corrected chi connectivity index (χ1v) is 7.35. The van der Waals surface area contributed by atoms with Gasteiger partial charge in [0.2, 0.25) is 0 Å². The second-order valence-electron chi connectivity index (χ2n) is 5.76. The summed E-state index contributed by atoms with van der Waals surface area (Å²) < 4.78 is 5.45. The minimum atomic E-state index is 0.620. The van der Waals surface area contributed by atoms with Crippen molar-refractivity contribution in [1.82, 2.24) is 4.90 Å². The summed E-state index contributed by atoms with van der Waals surface area (Å²) in [5, 5.41) is 8.87. The Labute approximate surface area is 120 Å². The molecule has 0 aliphatic carbocycles. The van der Waals surface area contributed by atoms with E-state index >= 15 is 0 Å². The lowest BCUT2D eigenvalue weighted by Gasteiger charge is -2.34. The number of ether oxygens (including phenoxy) is 1. The Morgan fingerprint density at radius 3 is 2.50 bits per heavy atom. The second kappa shape index (κ2) is 5.82. The van der Waals surface area contributed by atoms with Crippen LogP contribution in [-0.4, -0.2) is 50.3 Å². The number of benzene rings is 1. The van der Waals surface area contributed by atoms with Crippen LogP contribution in [0.3, 0.4) is 0 Å². The van der Waals surface area contributed by atoms with Crippen molar-refractivity contribution in [3.63, 3.8) is 0 Å². The molecule has 20 heavy (non-hydrogen) atoms. The van der Waals surface area contributed by atoms with Gasteiger partial charge >= 0.3 is 0 Å². The van der Waals surface area contributed by atoms with Gasteiger partial charge in [-0.3, -0.25) is 4.90 Å². The number of anilines is 1. The van der Waals surface area contributed by atoms with E-state index in [9.17, 15) is 0 Å². The van der Waals surface area contributed by atoms with Gasteiger partial charge in [0.1, 0.15) is 0 Å². The summed E-state index contributed by atoms with van der Waals surface area (Å²) in [5.74, 6) is 0.670. The average molecular weight is 271 g/mol. The molecule has 2 fully saturated rings. The maximum absolute atomic E-state index is 8.87. The van der Waals surface area contributed by atoms with Gasteiger partial charge in [0.05, 0.1) is 24.8 Å². The fourth-order valence-corrected chi connectivity index (χ4v) is 3.29. The highest BCUT2D eigenvalue weighted by Gasteiger charge is 2.34. The first-order chi connectivity index (χ1) is 9.78. The molecule has 2 aliphatic rings. The number of nitrogens with zero attached hydrogens (tertiary/aromatic N) is 3. The van der Waals surface area contributed by atoms with Crippen molar-refractivity contribution in [2.75, 3.05) is 44.3 Å². The smallest absolute Gasteiger partial charge is 0.0991 e. The van der Waals surface area contributed by atoms with Crippen LogP contribution >= 0.6 is 0 Å². The van der Waals surface area contributed by atoms with Crippen LogP contribution in [0.1, 0.15) is 12.5 Å². The summed E-state index contributed by atoms with van der Waals surface area (Å²) in [6, 6.07) is 10.7. The summed E-state index contributed by atoms with van der Waals surface area (Å²) in [6.07, 6.45) is 0. The van der Waals surface area contributed by atoms with Gasteiger partial charge in [-0.25, -0.2) is 0 Å². The number of hydrogen-bond acceptors (Lipinski definition) is 4. The summed E-state index contributed by atoms with van der Waals surface area (Å²) in [7, 11) is 0. The van der Waals surface area contributed by atoms with Gasteiger partial charge in [-0.2, -0.15) is 5.26 Å². The number of hydrogen-bond donors (Lipinski definition) is 0. The third-order valence-electron chi connectivity index (χ3n) is 4.45. The molecule has 3 rings (SSSR count). The zero-order valence-corrected chi connectivity index (χ0v) is 12.0. The van der Waals surface area contributed by atoms with Crippen molar-refractivity contribution in [2.24, 2.45) is 5.92 Å². The largest absolute Gasteiger partial charge is 0.379 e. The second-order valence-corrected chi connectivity index (χ2v) is 5.76. The van der Waals surface area contributed by atoms with Crippen LogP contribution in [0, 0.1) is 17.2 Å². The van der Waals surface area contributed by atoms with E-state index in [1.165, 1.54) is 5.69 Å². The molecule has 1 aromatic rings. The van der Waals surface area contributed by atoms with Crippen molar-refractivity contribution in [1.29, 1.82) is 5.26 Å². The molecule has 0 spiro atoms. The van der Waals surface area contributed by atoms with Crippen LogP contribution in [-0.2, 0) is 4.74 Å². The fraction of sp³-hybridized carbons (Fsp3) is 0.562. The van der Waals surface area contributed by atoms with E-state index in [-0.39, 0.29) is 0 Å². The number of nitriles is 1. The van der Waals surface area contributed by atoms with E-state index in [0.717, 1.165) is 45.0 Å². The third kappa shape index (κ3) is 2.65. The molecule has 2 saturated heterocycles. The molecular weight excluding hydrogens is 250 g/mol. The molecule has 1 aromatic carbocycles. The molecule has 106 valence electrons. The monoisotopic (exact) mass is 271 g/mol. The Bertz CT molecular complexity index is 487. The SMILES string of the molecule is C[C@@H]1CN(c2ccc(C#N)cc2)C[C@H]1N1CCOCC1. The maximum Gasteiger partial charge on any atom is 0.0991 e. The van der Waals surface area contributed by atoms with E-state index in [0.29, 0.717) is 12.0 Å². The molecular formula is C16H21N3O. The molecule has 4 nitrogen and oxygen atoms in total. The normalized spacial score (nSPS) is 27.5. The van der Waals surface area contributed by atoms with Gasteiger partial charge in [0, 0.05) is 37.9 Å². The zero-order valence-electron chi connectivity index (χ0n) is 12.0. The third-order valence-corrected chi connectivity index (χ3v) is 4.45. The lowest BCUT2D eigenvalue weighted by Crippen LogP contribution is -2.46. The predicted octanol–water partition coefficient (Wildman–Crippen LogP) is 1.72. The maximum atomic E-state index is 8.87. The van der Waals surface area contributed by atoms with Crippen LogP contribution in [0.15, 0.2) is 24.3 Å². The summed E-state index contributed by atoms with van der Waals surface area (Å²) in [4.78, 5) is 5.00. The fourth-order valence-electron chi connectivity index (χ4n) is 3.29. The Hall–Kier alpha value is -1.57. The van der Waals surface area contributed by atoms with Crippen LogP contribution in [0.25, 0.3) is 0 Å². The molecule has 2 heterocycles. The predicted molar refractivity (Wildman–Crippen MR) is 78.7 cm³/mol. The topological polar surface area (TPSA) is 39.5 Å². The summed E-state index contributed by atoms with van der Waals surface area (Å²) in [5.41, 5.74) is 1.96. The van der Waals surface area contributed by atoms with Crippen molar-refractivity contribution in [3.8, 4) is 6.07 Å². The van der Waals surface area contributed by atoms with Crippen molar-refractivity contribution < 1.29 is 4.74 Å². The van der Waals surface area contributed by atoms with Gasteiger partial charge in [0.25, 0.3) is 0 Å². The quantitative estimate of drug-likeness (QED) is 0.821. The van der Waals surface area contributed by atoms with E-state index in [1.54, 1.807) is 0 Å². The Kier molecular flexibility index (Phi) is 3.90. The Balaban J connectivity index is 1.69. The van der Waals surface area contributed by atoms with Crippen LogP contribution in [0.5, 0.6) is 0 Å². The van der Waals surface area contributed by atoms with Crippen molar-refractivity contribution >= 4 is 5.69 Å². The molecule has 2 atom stereocenters. The standard InChI is InChI=1S/C16H21N3O/c1-13-11-19(15-4-2-14(10-17)3-5-15)12-16(13)18-6-8-20-9-7-18/h2-5,13,16H,6-9,11-12H2,1H3/t13-,16-/m1/s1. The molecule has 0 radical (unpaired) electrons. The van der Waals surface area contributed by atoms with Gasteiger partial charge in [-0.15, -0.1) is 0 Å². The highest BCUT2D eigenvalue weighted by atomic mass is 16.5. The molecule has 0 saturated carbocycles. The van der Waals surface area contributed by atoms with Crippen LogP contribution < -0.4 is 4.90 Å². The minimum Gasteiger partial charge on any atom is -0.379 e. The van der Waals surface area contributed by atoms with Crippen molar-refractivity contribution in [2.45, 2.75) is 13.0 Å². The lowest BCUT2D eigenvalue weighted by molar-refractivity contribution is 0.0134. The zero-order chi connectivity index (χ0) is 13.9. The average Bonchev–Trinajstić information content (AvgIpc) is 2.90. The minimum absolute atomic E-state index is 0.620. The first-order valence-electron chi connectivity index (χ1n) is 7.35. The number of rotatable bonds is 2. The molecule has 0 amide bonds. The van der Waals surface area contributed by atoms with Gasteiger partial charge in [-0.1, -0.05) is 6.92 Å². The van der Waals surface area contributed by atoms with E-state index in [1.807, 2.05) is 12.1 Å². The lowest BCUT2D eigenvalue weighted by atomic mass is 10.0. The van der Waals surface area contributed by atoms with Crippen LogP contribution in [0.2, 0.25) is 0 Å². The van der Waals surface area contributed by atoms with Gasteiger partial charge in [0.15, 0.2) is 0 Å². The Morgan fingerprint density at radius 2 is 1.85 bits per heavy atom. The highest BCUT2D eigenvalue weighted by molar-refractivity contribution is 5.50. The van der Waals surface area contributed by atoms with Gasteiger partial charge in [-0.05, 0) is 30.2 Å². The van der Waals surface area contributed by atoms with Gasteiger partial charge < -0.3 is 9.64 Å². The first kappa shape index (κ1) is 13.4. The number of morpholine rings is 1. The summed E-state index contributed by atoms with van der Waals surface area (Å²) in [6.45, 7) is 8.33. The van der Waals surface area contributed by atoms with E-state index in [4.69, 9.17) is 10.00 Å². The summed E-state index contributed by atoms with van der Waals surface area (Å²) >= 11 is 0. The van der Waals surface area contributed by atoms with E-state index in [2.05, 4.69) is 34.9 Å². The molecule has 0 bridgehead atoms. The Morgan fingerprint density at radius 1 is 1.15 bits per heavy atom. The van der Waals surface area contributed by atoms with Crippen LogP contribution in [0.4, 0.5) is 5.69 Å². The molecule has 2 aliphatic heterocycles. The molecule has 0 N–H and O–H groups in total.